The summed E-state index contributed by atoms with van der Waals surface area (Å²) in [4.78, 5) is 18.8. The molecule has 2 heterocycles. The van der Waals surface area contributed by atoms with Gasteiger partial charge in [0.05, 0.1) is 25.0 Å². The van der Waals surface area contributed by atoms with Crippen LogP contribution < -0.4 is 5.32 Å². The molecule has 1 amide bonds. The molecule has 1 N–H and O–H groups in total. The largest absolute Gasteiger partial charge is 0.350 e. The number of carbonyl (C=O) groups is 1. The minimum atomic E-state index is 0.196. The monoisotopic (exact) mass is 310 g/mol. The van der Waals surface area contributed by atoms with E-state index in [1.54, 1.807) is 0 Å². The molecule has 1 aliphatic heterocycles. The Bertz CT molecular complexity index is 690. The van der Waals surface area contributed by atoms with Gasteiger partial charge in [0.25, 0.3) is 0 Å². The highest BCUT2D eigenvalue weighted by molar-refractivity contribution is 5.80. The number of nitrogens with one attached hydrogen (secondary N) is 1. The summed E-state index contributed by atoms with van der Waals surface area (Å²) >= 11 is 0. The third-order valence-electron chi connectivity index (χ3n) is 4.67. The first-order chi connectivity index (χ1) is 11.3. The number of aromatic nitrogens is 2. The second kappa shape index (κ2) is 6.16. The molecule has 2 aliphatic rings. The average Bonchev–Trinajstić information content (AvgIpc) is 3.35. The second-order valence-electron chi connectivity index (χ2n) is 6.51. The van der Waals surface area contributed by atoms with Crippen LogP contribution in [0.2, 0.25) is 0 Å². The Morgan fingerprint density at radius 2 is 2.04 bits per heavy atom. The molecule has 1 aromatic heterocycles. The molecular weight excluding hydrogens is 288 g/mol. The molecule has 0 radical (unpaired) electrons. The number of fused-ring (bicyclic) bond motifs is 1. The van der Waals surface area contributed by atoms with Gasteiger partial charge in [-0.2, -0.15) is 0 Å². The molecular formula is C18H22N4O. The first-order valence-electron chi connectivity index (χ1n) is 8.37. The van der Waals surface area contributed by atoms with Crippen LogP contribution in [0.1, 0.15) is 29.9 Å². The maximum Gasteiger partial charge on any atom is 0.223 e. The summed E-state index contributed by atoms with van der Waals surface area (Å²) in [5.41, 5.74) is 2.46. The Kier molecular flexibility index (Phi) is 3.87. The lowest BCUT2D eigenvalue weighted by atomic mass is 10.2. The summed E-state index contributed by atoms with van der Waals surface area (Å²) in [5.74, 6) is 1.56. The third kappa shape index (κ3) is 3.29. The van der Waals surface area contributed by atoms with E-state index in [-0.39, 0.29) is 11.8 Å². The van der Waals surface area contributed by atoms with Crippen LogP contribution in [-0.4, -0.2) is 26.9 Å². The Morgan fingerprint density at radius 1 is 1.22 bits per heavy atom. The Labute approximate surface area is 136 Å². The van der Waals surface area contributed by atoms with Gasteiger partial charge in [-0.1, -0.05) is 30.3 Å². The topological polar surface area (TPSA) is 50.2 Å². The van der Waals surface area contributed by atoms with Crippen molar-refractivity contribution in [1.82, 2.24) is 19.8 Å². The van der Waals surface area contributed by atoms with Gasteiger partial charge in [-0.05, 0) is 18.4 Å². The van der Waals surface area contributed by atoms with Gasteiger partial charge in [-0.15, -0.1) is 0 Å². The van der Waals surface area contributed by atoms with Gasteiger partial charge >= 0.3 is 0 Å². The number of hydrogen-bond acceptors (Lipinski definition) is 3. The van der Waals surface area contributed by atoms with E-state index in [0.29, 0.717) is 6.54 Å². The van der Waals surface area contributed by atoms with E-state index in [2.05, 4.69) is 50.1 Å². The van der Waals surface area contributed by atoms with E-state index < -0.39 is 0 Å². The summed E-state index contributed by atoms with van der Waals surface area (Å²) < 4.78 is 2.26. The van der Waals surface area contributed by atoms with E-state index in [9.17, 15) is 4.79 Å². The van der Waals surface area contributed by atoms with E-state index in [0.717, 1.165) is 50.5 Å². The molecule has 23 heavy (non-hydrogen) atoms. The molecule has 0 unspecified atom stereocenters. The fraction of sp³-hybridized carbons (Fsp3) is 0.444. The SMILES string of the molecule is O=C(NCc1cnc2n1CCN(Cc1ccccc1)C2)C1CC1. The second-order valence-corrected chi connectivity index (χ2v) is 6.51. The van der Waals surface area contributed by atoms with Crippen LogP contribution in [-0.2, 0) is 31.0 Å². The van der Waals surface area contributed by atoms with Crippen LogP contribution in [0, 0.1) is 5.92 Å². The zero-order valence-corrected chi connectivity index (χ0v) is 13.2. The minimum absolute atomic E-state index is 0.196. The quantitative estimate of drug-likeness (QED) is 0.918. The predicted molar refractivity (Wildman–Crippen MR) is 87.4 cm³/mol. The highest BCUT2D eigenvalue weighted by atomic mass is 16.2. The highest BCUT2D eigenvalue weighted by Crippen LogP contribution is 2.28. The van der Waals surface area contributed by atoms with E-state index >= 15 is 0 Å². The molecule has 4 rings (SSSR count). The van der Waals surface area contributed by atoms with Gasteiger partial charge < -0.3 is 9.88 Å². The zero-order chi connectivity index (χ0) is 15.6. The Hall–Kier alpha value is -2.14. The van der Waals surface area contributed by atoms with Gasteiger partial charge in [0, 0.05) is 25.6 Å². The summed E-state index contributed by atoms with van der Waals surface area (Å²) in [5, 5.41) is 3.03. The number of hydrogen-bond donors (Lipinski definition) is 1. The normalized spacial score (nSPS) is 17.7. The molecule has 5 heteroatoms. The van der Waals surface area contributed by atoms with Crippen molar-refractivity contribution in [3.63, 3.8) is 0 Å². The van der Waals surface area contributed by atoms with Crippen LogP contribution in [0.5, 0.6) is 0 Å². The van der Waals surface area contributed by atoms with Crippen LogP contribution in [0.25, 0.3) is 0 Å². The maximum absolute atomic E-state index is 11.8. The number of rotatable bonds is 5. The molecule has 0 bridgehead atoms. The lowest BCUT2D eigenvalue weighted by molar-refractivity contribution is -0.122. The lowest BCUT2D eigenvalue weighted by Gasteiger charge is -2.28. The number of imidazole rings is 1. The molecule has 1 fully saturated rings. The molecule has 1 aliphatic carbocycles. The Balaban J connectivity index is 1.37. The lowest BCUT2D eigenvalue weighted by Crippen LogP contribution is -2.34. The smallest absolute Gasteiger partial charge is 0.223 e. The summed E-state index contributed by atoms with van der Waals surface area (Å²) in [6.45, 7) is 4.38. The molecule has 5 nitrogen and oxygen atoms in total. The third-order valence-corrected chi connectivity index (χ3v) is 4.67. The first kappa shape index (κ1) is 14.5. The average molecular weight is 310 g/mol. The minimum Gasteiger partial charge on any atom is -0.350 e. The van der Waals surface area contributed by atoms with Crippen LogP contribution in [0.4, 0.5) is 0 Å². The van der Waals surface area contributed by atoms with Crippen LogP contribution in [0.15, 0.2) is 36.5 Å². The number of benzene rings is 1. The molecule has 1 aromatic carbocycles. The van der Waals surface area contributed by atoms with Crippen molar-refractivity contribution < 1.29 is 4.79 Å². The molecule has 120 valence electrons. The van der Waals surface area contributed by atoms with E-state index in [4.69, 9.17) is 0 Å². The molecule has 0 atom stereocenters. The maximum atomic E-state index is 11.8. The number of nitrogens with zero attached hydrogens (tertiary/aromatic N) is 3. The number of carbonyl (C=O) groups excluding carboxylic acids is 1. The van der Waals surface area contributed by atoms with Gasteiger partial charge in [0.2, 0.25) is 5.91 Å². The summed E-state index contributed by atoms with van der Waals surface area (Å²) in [6.07, 6.45) is 4.00. The number of amides is 1. The van der Waals surface area contributed by atoms with Crippen LogP contribution in [0.3, 0.4) is 0 Å². The molecule has 1 saturated carbocycles. The zero-order valence-electron chi connectivity index (χ0n) is 13.2. The van der Waals surface area contributed by atoms with Gasteiger partial charge in [-0.3, -0.25) is 9.69 Å². The van der Waals surface area contributed by atoms with Crippen molar-refractivity contribution in [1.29, 1.82) is 0 Å². The first-order valence-corrected chi connectivity index (χ1v) is 8.37. The predicted octanol–water partition coefficient (Wildman–Crippen LogP) is 1.93. The fourth-order valence-electron chi connectivity index (χ4n) is 3.16. The van der Waals surface area contributed by atoms with Crippen molar-refractivity contribution in [2.75, 3.05) is 6.54 Å². The Morgan fingerprint density at radius 3 is 2.83 bits per heavy atom. The van der Waals surface area contributed by atoms with Gasteiger partial charge in [0.15, 0.2) is 0 Å². The molecule has 2 aromatic rings. The van der Waals surface area contributed by atoms with Crippen molar-refractivity contribution in [3.8, 4) is 0 Å². The standard InChI is InChI=1S/C18H22N4O/c23-18(15-6-7-15)20-11-16-10-19-17-13-21(8-9-22(16)17)12-14-4-2-1-3-5-14/h1-5,10,15H,6-9,11-13H2,(H,20,23). The van der Waals surface area contributed by atoms with Crippen LogP contribution >= 0.6 is 0 Å². The van der Waals surface area contributed by atoms with E-state index in [1.807, 2.05) is 6.20 Å². The molecule has 0 saturated heterocycles. The molecule has 0 spiro atoms. The van der Waals surface area contributed by atoms with Crippen molar-refractivity contribution in [2.24, 2.45) is 5.92 Å². The summed E-state index contributed by atoms with van der Waals surface area (Å²) in [6, 6.07) is 10.6. The van der Waals surface area contributed by atoms with Crippen molar-refractivity contribution in [3.05, 3.63) is 53.6 Å². The fourth-order valence-corrected chi connectivity index (χ4v) is 3.16. The van der Waals surface area contributed by atoms with E-state index in [1.165, 1.54) is 5.56 Å². The van der Waals surface area contributed by atoms with Gasteiger partial charge in [-0.25, -0.2) is 4.98 Å². The summed E-state index contributed by atoms with van der Waals surface area (Å²) in [7, 11) is 0. The van der Waals surface area contributed by atoms with Crippen molar-refractivity contribution >= 4 is 5.91 Å². The van der Waals surface area contributed by atoms with Crippen molar-refractivity contribution in [2.45, 2.75) is 39.0 Å². The van der Waals surface area contributed by atoms with Gasteiger partial charge in [0.1, 0.15) is 5.82 Å². The highest BCUT2D eigenvalue weighted by Gasteiger charge is 2.29.